The molecule has 3 aliphatic rings. The second kappa shape index (κ2) is 11.3. The molecule has 0 unspecified atom stereocenters. The van der Waals surface area contributed by atoms with Crippen molar-refractivity contribution in [3.63, 3.8) is 0 Å². The van der Waals surface area contributed by atoms with E-state index in [0.29, 0.717) is 6.07 Å². The third-order valence-corrected chi connectivity index (χ3v) is 8.00. The molecule has 0 aromatic heterocycles. The number of nitriles is 1. The van der Waals surface area contributed by atoms with Gasteiger partial charge in [-0.3, -0.25) is 19.2 Å². The lowest BCUT2D eigenvalue weighted by Crippen LogP contribution is -2.63. The quantitative estimate of drug-likeness (QED) is 0.433. The Balaban J connectivity index is 1.64. The highest BCUT2D eigenvalue weighted by Crippen LogP contribution is 2.43. The minimum Gasteiger partial charge on any atom is -0.473 e. The van der Waals surface area contributed by atoms with Gasteiger partial charge in [0.05, 0.1) is 12.6 Å². The van der Waals surface area contributed by atoms with Crippen molar-refractivity contribution in [1.29, 1.82) is 5.26 Å². The van der Waals surface area contributed by atoms with Crippen LogP contribution in [0.15, 0.2) is 12.1 Å². The molecule has 43 heavy (non-hydrogen) atoms. The molecule has 1 aromatic rings. The van der Waals surface area contributed by atoms with Gasteiger partial charge < -0.3 is 25.2 Å². The van der Waals surface area contributed by atoms with Crippen LogP contribution < -0.4 is 15.4 Å². The third-order valence-electron chi connectivity index (χ3n) is 8.00. The highest BCUT2D eigenvalue weighted by Gasteiger charge is 2.57. The molecule has 1 saturated heterocycles. The number of amides is 4. The van der Waals surface area contributed by atoms with Gasteiger partial charge in [-0.1, -0.05) is 26.7 Å². The van der Waals surface area contributed by atoms with Crippen LogP contribution in [0, 0.1) is 34.8 Å². The van der Waals surface area contributed by atoms with Crippen LogP contribution in [-0.2, 0) is 19.2 Å². The molecule has 1 aromatic carbocycles. The summed E-state index contributed by atoms with van der Waals surface area (Å²) in [4.78, 5) is 54.9. The van der Waals surface area contributed by atoms with Crippen LogP contribution in [0.5, 0.6) is 5.75 Å². The van der Waals surface area contributed by atoms with Crippen LogP contribution in [0.4, 0.5) is 27.6 Å². The maximum absolute atomic E-state index is 14.3. The Bertz CT molecular complexity index is 1380. The maximum atomic E-state index is 14.3. The van der Waals surface area contributed by atoms with Gasteiger partial charge in [-0.05, 0) is 31.6 Å². The highest BCUT2D eigenvalue weighted by molar-refractivity contribution is 6.02. The van der Waals surface area contributed by atoms with Crippen molar-refractivity contribution in [2.45, 2.75) is 82.3 Å². The number of hydrogen-bond donors (Lipinski definition) is 2. The first-order chi connectivity index (χ1) is 19.9. The van der Waals surface area contributed by atoms with E-state index in [-0.39, 0.29) is 36.8 Å². The van der Waals surface area contributed by atoms with Crippen LogP contribution >= 0.6 is 0 Å². The van der Waals surface area contributed by atoms with E-state index in [0.717, 1.165) is 35.6 Å². The maximum Gasteiger partial charge on any atom is 0.471 e. The molecule has 2 aliphatic heterocycles. The molecule has 4 atom stereocenters. The fourth-order valence-electron chi connectivity index (χ4n) is 5.84. The van der Waals surface area contributed by atoms with E-state index in [9.17, 15) is 46.4 Å². The van der Waals surface area contributed by atoms with E-state index in [4.69, 9.17) is 4.74 Å². The summed E-state index contributed by atoms with van der Waals surface area (Å²) < 4.78 is 73.4. The monoisotopic (exact) mass is 613 g/mol. The number of hydrogen-bond acceptors (Lipinski definition) is 6. The number of likely N-dealkylation sites (tertiary alicyclic amines) is 1. The lowest BCUT2D eigenvalue weighted by molar-refractivity contribution is -0.177. The van der Waals surface area contributed by atoms with Gasteiger partial charge in [-0.25, -0.2) is 8.78 Å². The summed E-state index contributed by atoms with van der Waals surface area (Å²) in [6.07, 6.45) is -4.17. The Morgan fingerprint density at radius 1 is 1.26 bits per heavy atom. The molecule has 10 nitrogen and oxygen atoms in total. The van der Waals surface area contributed by atoms with Gasteiger partial charge in [-0.15, -0.1) is 0 Å². The largest absolute Gasteiger partial charge is 0.473 e. The van der Waals surface area contributed by atoms with Crippen molar-refractivity contribution in [2.24, 2.45) is 11.8 Å². The van der Waals surface area contributed by atoms with Crippen LogP contribution in [-0.4, -0.2) is 76.4 Å². The smallest absolute Gasteiger partial charge is 0.471 e. The van der Waals surface area contributed by atoms with Crippen molar-refractivity contribution in [2.75, 3.05) is 18.9 Å². The summed E-state index contributed by atoms with van der Waals surface area (Å²) in [6, 6.07) is 0.858. The molecule has 4 amide bonds. The fourth-order valence-corrected chi connectivity index (χ4v) is 5.84. The number of halogens is 5. The summed E-state index contributed by atoms with van der Waals surface area (Å²) in [6.45, 7) is 3.98. The molecule has 2 heterocycles. The number of carbonyl (C=O) groups is 4. The molecule has 0 radical (unpaired) electrons. The molecule has 1 spiro atoms. The fraction of sp³-hybridized carbons (Fsp3) is 0.607. The third kappa shape index (κ3) is 6.37. The van der Waals surface area contributed by atoms with E-state index in [1.807, 2.05) is 6.07 Å². The number of nitrogens with zero attached hydrogens (tertiary/aromatic N) is 3. The predicted molar refractivity (Wildman–Crippen MR) is 140 cm³/mol. The van der Waals surface area contributed by atoms with Gasteiger partial charge in [0.2, 0.25) is 17.4 Å². The zero-order chi connectivity index (χ0) is 32.1. The Hall–Kier alpha value is -3.96. The summed E-state index contributed by atoms with van der Waals surface area (Å²) in [5.74, 6) is -7.53. The van der Waals surface area contributed by atoms with Crippen molar-refractivity contribution in [1.82, 2.24) is 15.1 Å². The molecular weight excluding hydrogens is 581 g/mol. The summed E-state index contributed by atoms with van der Waals surface area (Å²) in [5.41, 5.74) is -4.29. The van der Waals surface area contributed by atoms with Gasteiger partial charge in [0.1, 0.15) is 29.1 Å². The van der Waals surface area contributed by atoms with Crippen LogP contribution in [0.3, 0.4) is 0 Å². The highest BCUT2D eigenvalue weighted by atomic mass is 19.4. The SMILES string of the molecule is CC(C)C[C@](C)(NC(=O)C(F)(F)F)C(=O)N(C)[C@@H](CC1CC1)C(=O)N1C[C@@]2(C[C@H]1C#N)Oc1cc(F)cc(F)c1NC2=O. The summed E-state index contributed by atoms with van der Waals surface area (Å²) >= 11 is 0. The van der Waals surface area contributed by atoms with Crippen LogP contribution in [0.25, 0.3) is 0 Å². The first-order valence-electron chi connectivity index (χ1n) is 13.8. The van der Waals surface area contributed by atoms with E-state index in [2.05, 4.69) is 5.32 Å². The summed E-state index contributed by atoms with van der Waals surface area (Å²) in [7, 11) is 1.24. The molecule has 15 heteroatoms. The van der Waals surface area contributed by atoms with Gasteiger partial charge in [0.25, 0.3) is 5.91 Å². The normalized spacial score (nSPS) is 23.5. The van der Waals surface area contributed by atoms with Crippen molar-refractivity contribution >= 4 is 29.3 Å². The number of alkyl halides is 3. The zero-order valence-corrected chi connectivity index (χ0v) is 24.0. The second-order valence-electron chi connectivity index (χ2n) is 12.1. The number of nitrogens with one attached hydrogen (secondary N) is 2. The first kappa shape index (κ1) is 32.0. The number of ether oxygens (including phenoxy) is 1. The minimum atomic E-state index is -5.25. The second-order valence-corrected chi connectivity index (χ2v) is 12.1. The number of benzene rings is 1. The Kier molecular flexibility index (Phi) is 8.38. The number of anilines is 1. The molecule has 4 rings (SSSR count). The molecular formula is C28H32F5N5O5. The standard InChI is InChI=1S/C28H32F5N5O5/c1-14(2)10-26(3,36-24(41)28(31,32)33)25(42)37(4)19(7-15-5-6-15)22(39)38-13-27(11-17(38)12-34)23(40)35-21-18(30)8-16(29)9-20(21)43-27/h8-9,14-15,17,19H,5-7,10-11,13H2,1-4H3,(H,35,40)(H,36,41)/t17-,19-,26-,27+/m0/s1. The topological polar surface area (TPSA) is 132 Å². The Labute approximate surface area is 244 Å². The zero-order valence-electron chi connectivity index (χ0n) is 24.0. The molecule has 1 saturated carbocycles. The number of rotatable bonds is 8. The lowest BCUT2D eigenvalue weighted by atomic mass is 9.88. The van der Waals surface area contributed by atoms with Crippen molar-refractivity contribution < 1.29 is 45.9 Å². The Morgan fingerprint density at radius 3 is 2.47 bits per heavy atom. The van der Waals surface area contributed by atoms with Crippen LogP contribution in [0.1, 0.15) is 52.9 Å². The van der Waals surface area contributed by atoms with Gasteiger partial charge in [0.15, 0.2) is 11.6 Å². The van der Waals surface area contributed by atoms with Crippen LogP contribution in [0.2, 0.25) is 0 Å². The number of carbonyl (C=O) groups excluding carboxylic acids is 4. The van der Waals surface area contributed by atoms with Crippen molar-refractivity contribution in [3.8, 4) is 11.8 Å². The first-order valence-corrected chi connectivity index (χ1v) is 13.8. The molecule has 1 aliphatic carbocycles. The average molecular weight is 614 g/mol. The number of likely N-dealkylation sites (N-methyl/N-ethyl adjacent to an activating group) is 1. The molecule has 2 fully saturated rings. The average Bonchev–Trinajstić information content (AvgIpc) is 3.65. The molecule has 234 valence electrons. The lowest BCUT2D eigenvalue weighted by Gasteiger charge is -2.39. The van der Waals surface area contributed by atoms with E-state index < -0.39 is 76.9 Å². The van der Waals surface area contributed by atoms with Gasteiger partial charge in [-0.2, -0.15) is 18.4 Å². The molecule has 2 N–H and O–H groups in total. The Morgan fingerprint density at radius 2 is 1.91 bits per heavy atom. The summed E-state index contributed by atoms with van der Waals surface area (Å²) in [5, 5.41) is 14.0. The minimum absolute atomic E-state index is 0.0227. The van der Waals surface area contributed by atoms with Gasteiger partial charge in [0, 0.05) is 25.6 Å². The van der Waals surface area contributed by atoms with E-state index >= 15 is 0 Å². The number of fused-ring (bicyclic) bond motifs is 1. The van der Waals surface area contributed by atoms with E-state index in [1.54, 1.807) is 19.2 Å². The van der Waals surface area contributed by atoms with Crippen molar-refractivity contribution in [3.05, 3.63) is 23.8 Å². The molecule has 0 bridgehead atoms. The van der Waals surface area contributed by atoms with Gasteiger partial charge >= 0.3 is 12.1 Å². The predicted octanol–water partition coefficient (Wildman–Crippen LogP) is 3.27. The van der Waals surface area contributed by atoms with E-state index in [1.165, 1.54) is 7.05 Å².